The summed E-state index contributed by atoms with van der Waals surface area (Å²) in [6.45, 7) is -0.411. The van der Waals surface area contributed by atoms with Crippen LogP contribution in [0.2, 0.25) is 0 Å². The zero-order chi connectivity index (χ0) is 35.5. The third-order valence-corrected chi connectivity index (χ3v) is 7.87. The lowest BCUT2D eigenvalue weighted by Gasteiger charge is -2.42. The zero-order valence-corrected chi connectivity index (χ0v) is 25.4. The van der Waals surface area contributed by atoms with E-state index in [9.17, 15) is 56.2 Å². The van der Waals surface area contributed by atoms with Crippen molar-refractivity contribution in [3.8, 4) is 0 Å². The van der Waals surface area contributed by atoms with Crippen LogP contribution < -0.4 is 0 Å². The molecule has 0 bridgehead atoms. The predicted octanol–water partition coefficient (Wildman–Crippen LogP) is -8.83. The van der Waals surface area contributed by atoms with Crippen LogP contribution in [0.15, 0.2) is 0 Å². The molecule has 20 nitrogen and oxygen atoms in total. The van der Waals surface area contributed by atoms with Gasteiger partial charge in [-0.15, -0.1) is 0 Å². The smallest absolute Gasteiger partial charge is 0.187 e. The Hall–Kier alpha value is -0.800. The molecule has 2 saturated heterocycles. The van der Waals surface area contributed by atoms with Crippen molar-refractivity contribution < 1.29 is 101 Å². The Balaban J connectivity index is 0.000000460. The topological polar surface area (TPSA) is 361 Å². The van der Waals surface area contributed by atoms with Crippen molar-refractivity contribution in [3.05, 3.63) is 0 Å². The van der Waals surface area contributed by atoms with Crippen LogP contribution >= 0.6 is 0 Å². The number of aliphatic hydroxyl groups is 16. The van der Waals surface area contributed by atoms with E-state index in [4.69, 9.17) is 44.5 Å². The van der Waals surface area contributed by atoms with Gasteiger partial charge in [0.15, 0.2) is 12.6 Å². The van der Waals surface area contributed by atoms with E-state index in [-0.39, 0.29) is 6.42 Å². The van der Waals surface area contributed by atoms with E-state index in [0.717, 1.165) is 0 Å². The number of ether oxygens (including phenoxy) is 4. The van der Waals surface area contributed by atoms with E-state index in [1.165, 1.54) is 6.92 Å². The van der Waals surface area contributed by atoms with Gasteiger partial charge in [-0.3, -0.25) is 0 Å². The average Bonchev–Trinajstić information content (AvgIpc) is 3.07. The number of aliphatic hydroxyl groups excluding tert-OH is 16. The lowest BCUT2D eigenvalue weighted by atomic mass is 9.93. The molecule has 16 N–H and O–H groups in total. The summed E-state index contributed by atoms with van der Waals surface area (Å²) in [6, 6.07) is 0. The molecule has 0 aliphatic carbocycles. The molecule has 0 aromatic rings. The Morgan fingerprint density at radius 2 is 0.913 bits per heavy atom. The predicted molar refractivity (Wildman–Crippen MR) is 148 cm³/mol. The fourth-order valence-electron chi connectivity index (χ4n) is 4.68. The van der Waals surface area contributed by atoms with Crippen molar-refractivity contribution in [2.75, 3.05) is 33.0 Å². The molecule has 0 spiro atoms. The molecule has 2 fully saturated rings. The molecule has 0 aromatic carbocycles. The van der Waals surface area contributed by atoms with Gasteiger partial charge in [0.25, 0.3) is 0 Å². The Morgan fingerprint density at radius 3 is 1.26 bits per heavy atom. The maximum absolute atomic E-state index is 9.94. The Bertz CT molecular complexity index is 745. The van der Waals surface area contributed by atoms with Gasteiger partial charge in [-0.1, -0.05) is 13.8 Å². The monoisotopic (exact) mass is 684 g/mol. The maximum atomic E-state index is 9.94. The van der Waals surface area contributed by atoms with Gasteiger partial charge in [-0.25, -0.2) is 0 Å². The first-order valence-corrected chi connectivity index (χ1v) is 14.7. The van der Waals surface area contributed by atoms with Gasteiger partial charge in [0.2, 0.25) is 0 Å². The van der Waals surface area contributed by atoms with Gasteiger partial charge in [0.05, 0.1) is 51.3 Å². The van der Waals surface area contributed by atoms with Crippen LogP contribution in [0, 0.1) is 5.92 Å². The molecule has 2 aliphatic rings. The molecular weight excluding hydrogens is 632 g/mol. The fourth-order valence-corrected chi connectivity index (χ4v) is 4.68. The van der Waals surface area contributed by atoms with Gasteiger partial charge < -0.3 is 101 Å². The highest BCUT2D eigenvalue weighted by molar-refractivity contribution is 4.92. The standard InChI is InChI=1S/2C13H26O10/c1-5(6(17)2-14)12(7(18)3-15)23-13-11(21)10(20)9(19)8(4-16)22-13;1-2-5(16)12(8(18)6(17)3-14)23-13-11(21)10(20)9(19)7(4-15)22-13/h2*5-21H,2-4H2,1H3. The lowest BCUT2D eigenvalue weighted by molar-refractivity contribution is -0.326. The van der Waals surface area contributed by atoms with Crippen LogP contribution in [-0.4, -0.2) is 219 Å². The molecular formula is C26H52O20. The first-order valence-electron chi connectivity index (χ1n) is 14.7. The molecule has 0 amide bonds. The van der Waals surface area contributed by atoms with E-state index in [2.05, 4.69) is 0 Å². The molecule has 2 rings (SSSR count). The highest BCUT2D eigenvalue weighted by Crippen LogP contribution is 2.27. The van der Waals surface area contributed by atoms with Gasteiger partial charge >= 0.3 is 0 Å². The largest absolute Gasteiger partial charge is 0.394 e. The van der Waals surface area contributed by atoms with Crippen LogP contribution in [0.4, 0.5) is 0 Å². The molecule has 18 unspecified atom stereocenters. The minimum atomic E-state index is -1.71. The Kier molecular flexibility index (Phi) is 19.4. The average molecular weight is 685 g/mol. The molecule has 20 heteroatoms. The van der Waals surface area contributed by atoms with Crippen LogP contribution in [-0.2, 0) is 18.9 Å². The van der Waals surface area contributed by atoms with Gasteiger partial charge in [-0.2, -0.15) is 0 Å². The van der Waals surface area contributed by atoms with Crippen LogP contribution in [0.25, 0.3) is 0 Å². The third kappa shape index (κ3) is 11.1. The molecule has 2 heterocycles. The van der Waals surface area contributed by atoms with E-state index in [1.807, 2.05) is 0 Å². The van der Waals surface area contributed by atoms with Gasteiger partial charge in [0, 0.05) is 5.92 Å². The highest BCUT2D eigenvalue weighted by Gasteiger charge is 2.48. The molecule has 46 heavy (non-hydrogen) atoms. The summed E-state index contributed by atoms with van der Waals surface area (Å²) in [5.74, 6) is -0.852. The highest BCUT2D eigenvalue weighted by atomic mass is 16.7. The molecule has 18 atom stereocenters. The minimum Gasteiger partial charge on any atom is -0.394 e. The molecule has 0 saturated carbocycles. The summed E-state index contributed by atoms with van der Waals surface area (Å²) in [7, 11) is 0. The molecule has 2 aliphatic heterocycles. The summed E-state index contributed by atoms with van der Waals surface area (Å²) in [5.41, 5.74) is 0. The number of rotatable bonds is 16. The van der Waals surface area contributed by atoms with Crippen molar-refractivity contribution in [2.24, 2.45) is 5.92 Å². The number of hydrogen-bond donors (Lipinski definition) is 16. The van der Waals surface area contributed by atoms with Gasteiger partial charge in [0.1, 0.15) is 73.2 Å². The van der Waals surface area contributed by atoms with Crippen LogP contribution in [0.5, 0.6) is 0 Å². The SMILES string of the molecule is CC(C(O)CO)C(OC1OC(CO)C(O)C(O)C1O)C(O)CO.CCC(O)C(OC1OC(CO)C(O)C(O)C1O)C(O)C(O)CO. The molecule has 0 aromatic heterocycles. The van der Waals surface area contributed by atoms with Crippen molar-refractivity contribution in [1.29, 1.82) is 0 Å². The minimum absolute atomic E-state index is 0.122. The number of hydrogen-bond acceptors (Lipinski definition) is 20. The normalized spacial score (nSPS) is 37.2. The fraction of sp³-hybridized carbons (Fsp3) is 1.00. The summed E-state index contributed by atoms with van der Waals surface area (Å²) in [6.07, 6.45) is -25.2. The Labute approximate surface area is 264 Å². The second-order valence-corrected chi connectivity index (χ2v) is 11.2. The third-order valence-electron chi connectivity index (χ3n) is 7.87. The zero-order valence-electron chi connectivity index (χ0n) is 25.4. The summed E-state index contributed by atoms with van der Waals surface area (Å²) >= 11 is 0. The summed E-state index contributed by atoms with van der Waals surface area (Å²) in [5, 5.41) is 153. The quantitative estimate of drug-likeness (QED) is 0.0717. The second-order valence-electron chi connectivity index (χ2n) is 11.2. The second kappa shape index (κ2) is 20.7. The lowest BCUT2D eigenvalue weighted by Crippen LogP contribution is -2.61. The Morgan fingerprint density at radius 1 is 0.522 bits per heavy atom. The van der Waals surface area contributed by atoms with Crippen molar-refractivity contribution >= 4 is 0 Å². The van der Waals surface area contributed by atoms with Crippen LogP contribution in [0.1, 0.15) is 20.3 Å². The van der Waals surface area contributed by atoms with Crippen molar-refractivity contribution in [2.45, 2.75) is 124 Å². The molecule has 0 radical (unpaired) electrons. The van der Waals surface area contributed by atoms with Crippen LogP contribution in [0.3, 0.4) is 0 Å². The van der Waals surface area contributed by atoms with Gasteiger partial charge in [-0.05, 0) is 6.42 Å². The van der Waals surface area contributed by atoms with E-state index >= 15 is 0 Å². The van der Waals surface area contributed by atoms with Crippen molar-refractivity contribution in [1.82, 2.24) is 0 Å². The summed E-state index contributed by atoms with van der Waals surface area (Å²) < 4.78 is 20.9. The van der Waals surface area contributed by atoms with E-state index in [1.54, 1.807) is 6.92 Å². The first kappa shape index (κ1) is 43.2. The maximum Gasteiger partial charge on any atom is 0.187 e. The first-order chi connectivity index (χ1) is 21.6. The van der Waals surface area contributed by atoms with E-state index < -0.39 is 143 Å². The summed E-state index contributed by atoms with van der Waals surface area (Å²) in [4.78, 5) is 0. The van der Waals surface area contributed by atoms with Crippen molar-refractivity contribution in [3.63, 3.8) is 0 Å². The molecule has 276 valence electrons. The van der Waals surface area contributed by atoms with E-state index in [0.29, 0.717) is 0 Å².